The SMILES string of the molecule is CC1C([C@@H]2OC(CO)[C@@H](O)C(O)[C@H]2O)=CC=C(Cl)C1Cc1ccc(OCCOCCF)cc1. The summed E-state index contributed by atoms with van der Waals surface area (Å²) in [4.78, 5) is 0. The van der Waals surface area contributed by atoms with E-state index >= 15 is 0 Å². The minimum absolute atomic E-state index is 0.0652. The van der Waals surface area contributed by atoms with Gasteiger partial charge in [0, 0.05) is 11.0 Å². The largest absolute Gasteiger partial charge is 0.491 e. The van der Waals surface area contributed by atoms with E-state index in [1.165, 1.54) is 0 Å². The van der Waals surface area contributed by atoms with Crippen LogP contribution in [0.4, 0.5) is 4.39 Å². The number of benzene rings is 1. The van der Waals surface area contributed by atoms with Gasteiger partial charge in [0.05, 0.1) is 19.8 Å². The molecule has 2 aliphatic rings. The number of hydrogen-bond donors (Lipinski definition) is 4. The highest BCUT2D eigenvalue weighted by Gasteiger charge is 2.46. The lowest BCUT2D eigenvalue weighted by Gasteiger charge is -2.43. The van der Waals surface area contributed by atoms with Crippen molar-refractivity contribution in [3.63, 3.8) is 0 Å². The minimum atomic E-state index is -1.43. The zero-order valence-corrected chi connectivity index (χ0v) is 19.3. The number of rotatable bonds is 10. The Kier molecular flexibility index (Phi) is 9.69. The van der Waals surface area contributed by atoms with Crippen molar-refractivity contribution in [2.45, 2.75) is 43.9 Å². The van der Waals surface area contributed by atoms with Crippen molar-refractivity contribution in [1.29, 1.82) is 0 Å². The third-order valence-electron chi connectivity index (χ3n) is 6.24. The molecule has 9 heteroatoms. The van der Waals surface area contributed by atoms with E-state index in [1.54, 1.807) is 12.2 Å². The van der Waals surface area contributed by atoms with Gasteiger partial charge in [-0.3, -0.25) is 0 Å². The summed E-state index contributed by atoms with van der Waals surface area (Å²) in [5.74, 6) is 0.482. The van der Waals surface area contributed by atoms with Crippen LogP contribution in [0.3, 0.4) is 0 Å². The van der Waals surface area contributed by atoms with Crippen LogP contribution in [0.5, 0.6) is 5.75 Å². The van der Waals surface area contributed by atoms with Gasteiger partial charge in [-0.25, -0.2) is 4.39 Å². The van der Waals surface area contributed by atoms with Crippen LogP contribution in [0.2, 0.25) is 0 Å². The maximum Gasteiger partial charge on any atom is 0.119 e. The Morgan fingerprint density at radius 2 is 1.73 bits per heavy atom. The molecule has 0 bridgehead atoms. The van der Waals surface area contributed by atoms with Crippen LogP contribution >= 0.6 is 11.6 Å². The molecule has 1 aliphatic heterocycles. The molecular formula is C24H32ClFO7. The van der Waals surface area contributed by atoms with Crippen molar-refractivity contribution in [1.82, 2.24) is 0 Å². The van der Waals surface area contributed by atoms with Crippen LogP contribution in [-0.4, -0.2) is 84.0 Å². The van der Waals surface area contributed by atoms with Crippen molar-refractivity contribution in [3.8, 4) is 5.75 Å². The number of halogens is 2. The molecule has 0 spiro atoms. The topological polar surface area (TPSA) is 109 Å². The maximum absolute atomic E-state index is 12.0. The molecule has 1 aromatic rings. The molecule has 1 fully saturated rings. The quantitative estimate of drug-likeness (QED) is 0.373. The van der Waals surface area contributed by atoms with Crippen LogP contribution < -0.4 is 4.74 Å². The first-order valence-corrected chi connectivity index (χ1v) is 11.5. The van der Waals surface area contributed by atoms with Crippen LogP contribution in [0, 0.1) is 11.8 Å². The third kappa shape index (κ3) is 6.33. The third-order valence-corrected chi connectivity index (χ3v) is 6.64. The molecule has 184 valence electrons. The molecule has 1 heterocycles. The monoisotopic (exact) mass is 486 g/mol. The standard InChI is InChI=1S/C24H32ClFO7/c1-14-17(24-23(30)22(29)21(28)20(13-27)33-24)6-7-19(25)18(14)12-15-2-4-16(5-3-15)32-11-10-31-9-8-26/h2-7,14,18,20-24,27-30H,8-13H2,1H3/t14?,18?,20?,21-,22?,23-,24+/m1/s1. The molecule has 7 atom stereocenters. The Labute approximate surface area is 198 Å². The van der Waals surface area contributed by atoms with Gasteiger partial charge in [0.1, 0.15) is 49.6 Å². The summed E-state index contributed by atoms with van der Waals surface area (Å²) in [6.07, 6.45) is -1.81. The molecule has 3 rings (SSSR count). The first-order valence-electron chi connectivity index (χ1n) is 11.1. The van der Waals surface area contributed by atoms with E-state index in [0.717, 1.165) is 11.1 Å². The Morgan fingerprint density at radius 1 is 1.00 bits per heavy atom. The van der Waals surface area contributed by atoms with Crippen molar-refractivity contribution in [2.24, 2.45) is 11.8 Å². The van der Waals surface area contributed by atoms with E-state index in [4.69, 9.17) is 25.8 Å². The highest BCUT2D eigenvalue weighted by Crippen LogP contribution is 2.40. The van der Waals surface area contributed by atoms with E-state index in [9.17, 15) is 24.8 Å². The van der Waals surface area contributed by atoms with Crippen LogP contribution in [0.15, 0.2) is 47.0 Å². The molecule has 1 aliphatic carbocycles. The zero-order valence-electron chi connectivity index (χ0n) is 18.5. The second-order valence-corrected chi connectivity index (χ2v) is 8.80. The molecule has 0 saturated carbocycles. The van der Waals surface area contributed by atoms with Gasteiger partial charge < -0.3 is 34.6 Å². The van der Waals surface area contributed by atoms with E-state index in [1.807, 2.05) is 31.2 Å². The van der Waals surface area contributed by atoms with Crippen LogP contribution in [0.1, 0.15) is 12.5 Å². The van der Waals surface area contributed by atoms with Gasteiger partial charge in [-0.05, 0) is 41.7 Å². The summed E-state index contributed by atoms with van der Waals surface area (Å²) < 4.78 is 28.4. The molecule has 0 aromatic heterocycles. The Bertz CT molecular complexity index is 814. The lowest BCUT2D eigenvalue weighted by molar-refractivity contribution is -0.221. The molecular weight excluding hydrogens is 455 g/mol. The van der Waals surface area contributed by atoms with Crippen LogP contribution in [-0.2, 0) is 15.9 Å². The van der Waals surface area contributed by atoms with E-state index in [0.29, 0.717) is 30.4 Å². The molecule has 0 amide bonds. The summed E-state index contributed by atoms with van der Waals surface area (Å²) in [7, 11) is 0. The van der Waals surface area contributed by atoms with Crippen molar-refractivity contribution in [2.75, 3.05) is 33.1 Å². The molecule has 0 radical (unpaired) electrons. The smallest absolute Gasteiger partial charge is 0.119 e. The number of aliphatic hydroxyl groups excluding tert-OH is 4. The van der Waals surface area contributed by atoms with E-state index < -0.39 is 43.8 Å². The van der Waals surface area contributed by atoms with Crippen molar-refractivity contribution >= 4 is 11.6 Å². The highest BCUT2D eigenvalue weighted by molar-refractivity contribution is 6.30. The molecule has 4 unspecified atom stereocenters. The van der Waals surface area contributed by atoms with Gasteiger partial charge >= 0.3 is 0 Å². The second-order valence-electron chi connectivity index (χ2n) is 8.36. The normalized spacial score (nSPS) is 32.3. The molecule has 1 aromatic carbocycles. The summed E-state index contributed by atoms with van der Waals surface area (Å²) in [5.41, 5.74) is 1.78. The predicted molar refractivity (Wildman–Crippen MR) is 121 cm³/mol. The Morgan fingerprint density at radius 3 is 2.39 bits per heavy atom. The molecule has 1 saturated heterocycles. The summed E-state index contributed by atoms with van der Waals surface area (Å²) >= 11 is 6.54. The number of alkyl halides is 1. The van der Waals surface area contributed by atoms with Crippen LogP contribution in [0.25, 0.3) is 0 Å². The summed E-state index contributed by atoms with van der Waals surface area (Å²) in [5, 5.41) is 40.9. The van der Waals surface area contributed by atoms with Gasteiger partial charge in [0.15, 0.2) is 0 Å². The number of hydrogen-bond acceptors (Lipinski definition) is 7. The zero-order chi connectivity index (χ0) is 24.0. The number of allylic oxidation sites excluding steroid dienone is 3. The fourth-order valence-corrected chi connectivity index (χ4v) is 4.61. The molecule has 7 nitrogen and oxygen atoms in total. The maximum atomic E-state index is 12.0. The second kappa shape index (κ2) is 12.3. The Hall–Kier alpha value is -1.52. The lowest BCUT2D eigenvalue weighted by Crippen LogP contribution is -2.59. The Balaban J connectivity index is 1.64. The molecule has 33 heavy (non-hydrogen) atoms. The van der Waals surface area contributed by atoms with Gasteiger partial charge in [-0.1, -0.05) is 36.7 Å². The average Bonchev–Trinajstić information content (AvgIpc) is 2.82. The highest BCUT2D eigenvalue weighted by atomic mass is 35.5. The molecule has 4 N–H and O–H groups in total. The van der Waals surface area contributed by atoms with E-state index in [-0.39, 0.29) is 18.4 Å². The predicted octanol–water partition coefficient (Wildman–Crippen LogP) is 1.75. The average molecular weight is 487 g/mol. The number of ether oxygens (including phenoxy) is 3. The lowest BCUT2D eigenvalue weighted by atomic mass is 9.75. The van der Waals surface area contributed by atoms with Crippen molar-refractivity contribution in [3.05, 3.63) is 52.6 Å². The minimum Gasteiger partial charge on any atom is -0.491 e. The van der Waals surface area contributed by atoms with Gasteiger partial charge in [-0.2, -0.15) is 0 Å². The fourth-order valence-electron chi connectivity index (χ4n) is 4.28. The summed E-state index contributed by atoms with van der Waals surface area (Å²) in [6, 6.07) is 7.59. The first-order chi connectivity index (χ1) is 15.9. The fraction of sp³-hybridized carbons (Fsp3) is 0.583. The first kappa shape index (κ1) is 26.1. The van der Waals surface area contributed by atoms with Gasteiger partial charge in [0.2, 0.25) is 0 Å². The number of aliphatic hydroxyl groups is 4. The van der Waals surface area contributed by atoms with Crippen molar-refractivity contribution < 1.29 is 39.0 Å². The summed E-state index contributed by atoms with van der Waals surface area (Å²) in [6.45, 7) is 1.70. The van der Waals surface area contributed by atoms with Gasteiger partial charge in [-0.15, -0.1) is 0 Å². The van der Waals surface area contributed by atoms with E-state index in [2.05, 4.69) is 0 Å². The van der Waals surface area contributed by atoms with Gasteiger partial charge in [0.25, 0.3) is 0 Å².